The van der Waals surface area contributed by atoms with Crippen molar-refractivity contribution in [3.63, 3.8) is 0 Å². The van der Waals surface area contributed by atoms with Crippen LogP contribution in [-0.4, -0.2) is 42.4 Å². The summed E-state index contributed by atoms with van der Waals surface area (Å²) in [6.07, 6.45) is 3.38. The quantitative estimate of drug-likeness (QED) is 0.741. The van der Waals surface area contributed by atoms with Crippen molar-refractivity contribution >= 4 is 15.9 Å². The van der Waals surface area contributed by atoms with Gasteiger partial charge in [0.05, 0.1) is 12.1 Å². The predicted octanol–water partition coefficient (Wildman–Crippen LogP) is 3.56. The maximum absolute atomic E-state index is 13.4. The molecule has 0 spiro atoms. The Morgan fingerprint density at radius 2 is 1.74 bits per heavy atom. The molecule has 0 bridgehead atoms. The molecule has 0 radical (unpaired) electrons. The average molecular weight is 443 g/mol. The van der Waals surface area contributed by atoms with Crippen LogP contribution in [0.2, 0.25) is 0 Å². The molecule has 4 rings (SSSR count). The van der Waals surface area contributed by atoms with Crippen molar-refractivity contribution in [2.45, 2.75) is 62.5 Å². The van der Waals surface area contributed by atoms with Crippen LogP contribution in [0.5, 0.6) is 0 Å². The van der Waals surface area contributed by atoms with E-state index in [1.165, 1.54) is 0 Å². The minimum atomic E-state index is -3.49. The fourth-order valence-corrected chi connectivity index (χ4v) is 6.97. The first kappa shape index (κ1) is 22.0. The minimum Gasteiger partial charge on any atom is -0.391 e. The lowest BCUT2D eigenvalue weighted by molar-refractivity contribution is 0.0873. The normalized spacial score (nSPS) is 27.0. The average Bonchev–Trinajstić information content (AvgIpc) is 3.18. The second kappa shape index (κ2) is 9.10. The van der Waals surface area contributed by atoms with Crippen LogP contribution in [0.1, 0.15) is 71.8 Å². The highest BCUT2D eigenvalue weighted by Gasteiger charge is 2.39. The molecule has 4 unspecified atom stereocenters. The molecule has 166 valence electrons. The third-order valence-electron chi connectivity index (χ3n) is 6.59. The SMILES string of the molecule is CC(c1ccc(C(=O)NC2CCCC2O)cc1)N1CCCC(c2ccccc2)S1(=O)=O. The third-order valence-corrected chi connectivity index (χ3v) is 8.97. The molecular formula is C24H30N2O4S. The molecule has 31 heavy (non-hydrogen) atoms. The maximum Gasteiger partial charge on any atom is 0.251 e. The molecule has 1 heterocycles. The van der Waals surface area contributed by atoms with Gasteiger partial charge in [0.15, 0.2) is 0 Å². The number of sulfonamides is 1. The van der Waals surface area contributed by atoms with Crippen LogP contribution in [0, 0.1) is 0 Å². The molecule has 1 aliphatic carbocycles. The number of hydrogen-bond donors (Lipinski definition) is 2. The van der Waals surface area contributed by atoms with Crippen LogP contribution >= 0.6 is 0 Å². The van der Waals surface area contributed by atoms with Gasteiger partial charge in [-0.2, -0.15) is 4.31 Å². The van der Waals surface area contributed by atoms with Gasteiger partial charge in [0.2, 0.25) is 10.0 Å². The first-order valence-corrected chi connectivity index (χ1v) is 12.5. The van der Waals surface area contributed by atoms with E-state index in [0.717, 1.165) is 36.8 Å². The van der Waals surface area contributed by atoms with Crippen molar-refractivity contribution in [2.75, 3.05) is 6.54 Å². The summed E-state index contributed by atoms with van der Waals surface area (Å²) >= 11 is 0. The zero-order valence-electron chi connectivity index (χ0n) is 17.8. The molecule has 0 aromatic heterocycles. The number of nitrogens with zero attached hydrogens (tertiary/aromatic N) is 1. The standard InChI is InChI=1S/C24H30N2O4S/c1-17(26-16-6-11-23(31(26,29)30)19-7-3-2-4-8-19)18-12-14-20(15-13-18)24(28)25-21-9-5-10-22(21)27/h2-4,7-8,12-15,17,21-23,27H,5-6,9-11,16H2,1H3,(H,25,28). The fraction of sp³-hybridized carbons (Fsp3) is 0.458. The molecular weight excluding hydrogens is 412 g/mol. The molecule has 1 amide bonds. The van der Waals surface area contributed by atoms with E-state index in [1.807, 2.05) is 49.4 Å². The van der Waals surface area contributed by atoms with Crippen LogP contribution in [0.4, 0.5) is 0 Å². The summed E-state index contributed by atoms with van der Waals surface area (Å²) in [5, 5.41) is 12.3. The Morgan fingerprint density at radius 3 is 2.39 bits per heavy atom. The number of carbonyl (C=O) groups is 1. The number of benzene rings is 2. The van der Waals surface area contributed by atoms with Gasteiger partial charge in [0.1, 0.15) is 5.25 Å². The van der Waals surface area contributed by atoms with E-state index in [-0.39, 0.29) is 18.0 Å². The number of hydrogen-bond acceptors (Lipinski definition) is 4. The number of aliphatic hydroxyl groups is 1. The van der Waals surface area contributed by atoms with Crippen LogP contribution in [0.15, 0.2) is 54.6 Å². The van der Waals surface area contributed by atoms with Crippen LogP contribution in [0.3, 0.4) is 0 Å². The third kappa shape index (κ3) is 4.54. The summed E-state index contributed by atoms with van der Waals surface area (Å²) in [5.41, 5.74) is 2.20. The number of carbonyl (C=O) groups excluding carboxylic acids is 1. The Bertz CT molecular complexity index is 1010. The molecule has 2 fully saturated rings. The van der Waals surface area contributed by atoms with E-state index in [0.29, 0.717) is 18.5 Å². The summed E-state index contributed by atoms with van der Waals surface area (Å²) in [6.45, 7) is 2.39. The number of nitrogens with one attached hydrogen (secondary N) is 1. The first-order valence-electron chi connectivity index (χ1n) is 11.0. The Balaban J connectivity index is 1.48. The number of aliphatic hydroxyl groups excluding tert-OH is 1. The van der Waals surface area contributed by atoms with Gasteiger partial charge in [-0.3, -0.25) is 4.79 Å². The Hall–Kier alpha value is -2.22. The lowest BCUT2D eigenvalue weighted by Gasteiger charge is -2.36. The highest BCUT2D eigenvalue weighted by molar-refractivity contribution is 7.89. The lowest BCUT2D eigenvalue weighted by atomic mass is 10.0. The molecule has 2 aliphatic rings. The molecule has 2 aromatic rings. The fourth-order valence-electron chi connectivity index (χ4n) is 4.73. The van der Waals surface area contributed by atoms with Crippen LogP contribution in [0.25, 0.3) is 0 Å². The van der Waals surface area contributed by atoms with Gasteiger partial charge in [-0.1, -0.05) is 42.5 Å². The van der Waals surface area contributed by atoms with Gasteiger partial charge in [0.25, 0.3) is 5.91 Å². The largest absolute Gasteiger partial charge is 0.391 e. The van der Waals surface area contributed by atoms with E-state index in [4.69, 9.17) is 0 Å². The number of rotatable bonds is 5. The molecule has 1 saturated heterocycles. The first-order chi connectivity index (χ1) is 14.9. The van der Waals surface area contributed by atoms with Gasteiger partial charge in [0, 0.05) is 18.2 Å². The van der Waals surface area contributed by atoms with Gasteiger partial charge >= 0.3 is 0 Å². The van der Waals surface area contributed by atoms with E-state index < -0.39 is 21.4 Å². The Morgan fingerprint density at radius 1 is 1.03 bits per heavy atom. The summed E-state index contributed by atoms with van der Waals surface area (Å²) < 4.78 is 28.3. The molecule has 2 aromatic carbocycles. The lowest BCUT2D eigenvalue weighted by Crippen LogP contribution is -2.41. The van der Waals surface area contributed by atoms with Crippen molar-refractivity contribution in [1.29, 1.82) is 0 Å². The summed E-state index contributed by atoms with van der Waals surface area (Å²) in [6, 6.07) is 16.0. The Kier molecular flexibility index (Phi) is 6.46. The highest BCUT2D eigenvalue weighted by Crippen LogP contribution is 2.38. The molecule has 7 heteroatoms. The highest BCUT2D eigenvalue weighted by atomic mass is 32.2. The predicted molar refractivity (Wildman–Crippen MR) is 120 cm³/mol. The summed E-state index contributed by atoms with van der Waals surface area (Å²) in [5.74, 6) is -0.208. The van der Waals surface area contributed by atoms with E-state index >= 15 is 0 Å². The molecule has 2 N–H and O–H groups in total. The monoisotopic (exact) mass is 442 g/mol. The van der Waals surface area contributed by atoms with Crippen molar-refractivity contribution in [1.82, 2.24) is 9.62 Å². The van der Waals surface area contributed by atoms with Gasteiger partial charge < -0.3 is 10.4 Å². The van der Waals surface area contributed by atoms with E-state index in [1.54, 1.807) is 16.4 Å². The summed E-state index contributed by atoms with van der Waals surface area (Å²) in [7, 11) is -3.49. The second-order valence-electron chi connectivity index (χ2n) is 8.57. The van der Waals surface area contributed by atoms with E-state index in [2.05, 4.69) is 5.32 Å². The van der Waals surface area contributed by atoms with Crippen molar-refractivity contribution in [2.24, 2.45) is 0 Å². The zero-order valence-corrected chi connectivity index (χ0v) is 18.6. The smallest absolute Gasteiger partial charge is 0.251 e. The summed E-state index contributed by atoms with van der Waals surface area (Å²) in [4.78, 5) is 12.5. The number of amides is 1. The maximum atomic E-state index is 13.4. The topological polar surface area (TPSA) is 86.7 Å². The molecule has 1 aliphatic heterocycles. The molecule has 6 nitrogen and oxygen atoms in total. The van der Waals surface area contributed by atoms with Gasteiger partial charge in [-0.15, -0.1) is 0 Å². The zero-order chi connectivity index (χ0) is 22.0. The van der Waals surface area contributed by atoms with Gasteiger partial charge in [-0.25, -0.2) is 8.42 Å². The second-order valence-corrected chi connectivity index (χ2v) is 10.6. The Labute approximate surface area is 184 Å². The van der Waals surface area contributed by atoms with E-state index in [9.17, 15) is 18.3 Å². The van der Waals surface area contributed by atoms with Crippen LogP contribution < -0.4 is 5.32 Å². The van der Waals surface area contributed by atoms with Crippen molar-refractivity contribution in [3.8, 4) is 0 Å². The van der Waals surface area contributed by atoms with Gasteiger partial charge in [-0.05, 0) is 62.3 Å². The molecule has 1 saturated carbocycles. The van der Waals surface area contributed by atoms with Crippen molar-refractivity contribution in [3.05, 3.63) is 71.3 Å². The minimum absolute atomic E-state index is 0.195. The van der Waals surface area contributed by atoms with Crippen molar-refractivity contribution < 1.29 is 18.3 Å². The van der Waals surface area contributed by atoms with Crippen LogP contribution in [-0.2, 0) is 10.0 Å². The molecule has 4 atom stereocenters.